The highest BCUT2D eigenvalue weighted by molar-refractivity contribution is 5.97. The molecule has 9 heteroatoms. The number of ether oxygens (including phenoxy) is 3. The highest BCUT2D eigenvalue weighted by Gasteiger charge is 2.47. The number of H-pyrrole nitrogens is 1. The molecule has 1 aromatic heterocycles. The normalized spacial score (nSPS) is 21.9. The molecule has 0 bridgehead atoms. The van der Waals surface area contributed by atoms with Crippen molar-refractivity contribution >= 4 is 12.0 Å². The number of nitrogens with one attached hydrogen (secondary N) is 3. The SMILES string of the molecule is C#Cc1cc(C(=O)NCc2c(C)cc(C)[nH]c2=O)c(C)c2c1OC(C)(C1CCC(NC(=O)OC(C)(C)C)CC1)O2. The lowest BCUT2D eigenvalue weighted by molar-refractivity contribution is -0.121. The number of benzene rings is 1. The molecule has 1 aliphatic carbocycles. The Bertz CT molecular complexity index is 1420. The van der Waals surface area contributed by atoms with Gasteiger partial charge in [0.1, 0.15) is 5.60 Å². The Morgan fingerprint density at radius 3 is 2.38 bits per heavy atom. The van der Waals surface area contributed by atoms with E-state index in [1.54, 1.807) is 13.0 Å². The van der Waals surface area contributed by atoms with Gasteiger partial charge in [0.05, 0.1) is 5.56 Å². The number of pyridine rings is 1. The van der Waals surface area contributed by atoms with E-state index in [1.165, 1.54) is 0 Å². The molecule has 2 heterocycles. The highest BCUT2D eigenvalue weighted by atomic mass is 16.7. The molecule has 40 heavy (non-hydrogen) atoms. The third kappa shape index (κ3) is 6.11. The summed E-state index contributed by atoms with van der Waals surface area (Å²) in [6.07, 6.45) is 8.47. The molecule has 1 fully saturated rings. The molecule has 0 spiro atoms. The maximum Gasteiger partial charge on any atom is 0.407 e. The topological polar surface area (TPSA) is 119 Å². The second kappa shape index (κ2) is 10.9. The number of rotatable bonds is 5. The number of fused-ring (bicyclic) bond motifs is 1. The fourth-order valence-electron chi connectivity index (χ4n) is 5.49. The van der Waals surface area contributed by atoms with Crippen LogP contribution in [0.4, 0.5) is 4.79 Å². The number of amides is 2. The second-order valence-corrected chi connectivity index (χ2v) is 11.9. The van der Waals surface area contributed by atoms with Gasteiger partial charge in [0.25, 0.3) is 17.3 Å². The lowest BCUT2D eigenvalue weighted by Gasteiger charge is -2.37. The summed E-state index contributed by atoms with van der Waals surface area (Å²) in [7, 11) is 0. The first kappa shape index (κ1) is 29.1. The standard InChI is InChI=1S/C31H39N3O6/c1-9-20-15-23(27(35)32-16-24-17(2)14-18(3)33-28(24)36)19(4)25-26(20)39-31(8,38-25)21-10-12-22(13-11-21)34-29(37)40-30(5,6)7/h1,14-15,21-22H,10-13,16H2,2-8H3,(H,32,35)(H,33,36)(H,34,37). The summed E-state index contributed by atoms with van der Waals surface area (Å²) in [6, 6.07) is 3.51. The molecule has 1 atom stereocenters. The van der Waals surface area contributed by atoms with Crippen molar-refractivity contribution in [2.24, 2.45) is 5.92 Å². The van der Waals surface area contributed by atoms with Crippen molar-refractivity contribution in [3.8, 4) is 23.8 Å². The Hall–Kier alpha value is -3.93. The minimum Gasteiger partial charge on any atom is -0.448 e. The molecule has 1 saturated carbocycles. The summed E-state index contributed by atoms with van der Waals surface area (Å²) in [6.45, 7) is 12.9. The number of hydrogen-bond acceptors (Lipinski definition) is 6. The van der Waals surface area contributed by atoms with E-state index in [1.807, 2.05) is 47.6 Å². The highest BCUT2D eigenvalue weighted by Crippen LogP contribution is 2.50. The molecule has 214 valence electrons. The lowest BCUT2D eigenvalue weighted by atomic mass is 9.81. The van der Waals surface area contributed by atoms with Crippen LogP contribution in [-0.2, 0) is 11.3 Å². The Kier molecular flexibility index (Phi) is 7.93. The van der Waals surface area contributed by atoms with Crippen molar-refractivity contribution in [1.29, 1.82) is 0 Å². The molecule has 1 aliphatic heterocycles. The number of terminal acetylenes is 1. The molecule has 9 nitrogen and oxygen atoms in total. The van der Waals surface area contributed by atoms with Crippen LogP contribution in [0, 0.1) is 39.0 Å². The van der Waals surface area contributed by atoms with Gasteiger partial charge in [-0.25, -0.2) is 4.79 Å². The first-order valence-electron chi connectivity index (χ1n) is 13.7. The van der Waals surface area contributed by atoms with Gasteiger partial charge in [-0.1, -0.05) is 5.92 Å². The summed E-state index contributed by atoms with van der Waals surface area (Å²) in [5.74, 6) is 2.28. The van der Waals surface area contributed by atoms with E-state index in [-0.39, 0.29) is 30.0 Å². The average molecular weight is 550 g/mol. The van der Waals surface area contributed by atoms with Gasteiger partial charge in [-0.15, -0.1) is 6.42 Å². The Morgan fingerprint density at radius 2 is 1.77 bits per heavy atom. The molecule has 4 rings (SSSR count). The number of aromatic amines is 1. The van der Waals surface area contributed by atoms with Crippen LogP contribution in [-0.4, -0.2) is 34.4 Å². The van der Waals surface area contributed by atoms with Crippen molar-refractivity contribution in [2.75, 3.05) is 0 Å². The third-order valence-electron chi connectivity index (χ3n) is 7.60. The Balaban J connectivity index is 1.46. The van der Waals surface area contributed by atoms with Crippen molar-refractivity contribution in [3.63, 3.8) is 0 Å². The predicted molar refractivity (Wildman–Crippen MR) is 152 cm³/mol. The molecule has 1 aromatic carbocycles. The second-order valence-electron chi connectivity index (χ2n) is 11.9. The largest absolute Gasteiger partial charge is 0.448 e. The Morgan fingerprint density at radius 1 is 1.12 bits per heavy atom. The zero-order valence-corrected chi connectivity index (χ0v) is 24.4. The van der Waals surface area contributed by atoms with Gasteiger partial charge in [0, 0.05) is 47.8 Å². The van der Waals surface area contributed by atoms with Crippen LogP contribution >= 0.6 is 0 Å². The number of hydrogen-bond donors (Lipinski definition) is 3. The number of alkyl carbamates (subject to hydrolysis) is 1. The van der Waals surface area contributed by atoms with Gasteiger partial charge < -0.3 is 29.8 Å². The van der Waals surface area contributed by atoms with E-state index in [0.717, 1.165) is 36.9 Å². The number of carbonyl (C=O) groups is 2. The maximum atomic E-state index is 13.2. The third-order valence-corrected chi connectivity index (χ3v) is 7.60. The van der Waals surface area contributed by atoms with Crippen LogP contribution in [0.5, 0.6) is 11.5 Å². The summed E-state index contributed by atoms with van der Waals surface area (Å²) in [5.41, 5.74) is 2.70. The van der Waals surface area contributed by atoms with Gasteiger partial charge in [-0.3, -0.25) is 9.59 Å². The van der Waals surface area contributed by atoms with Gasteiger partial charge in [-0.05, 0) is 84.9 Å². The summed E-state index contributed by atoms with van der Waals surface area (Å²) >= 11 is 0. The summed E-state index contributed by atoms with van der Waals surface area (Å²) in [5, 5.41) is 5.81. The molecular formula is C31H39N3O6. The van der Waals surface area contributed by atoms with Crippen LogP contribution in [0.1, 0.15) is 91.7 Å². The zero-order chi connectivity index (χ0) is 29.4. The quantitative estimate of drug-likeness (QED) is 0.462. The summed E-state index contributed by atoms with van der Waals surface area (Å²) < 4.78 is 18.2. The Labute approximate surface area is 235 Å². The van der Waals surface area contributed by atoms with Gasteiger partial charge in [-0.2, -0.15) is 0 Å². The predicted octanol–water partition coefficient (Wildman–Crippen LogP) is 4.78. The minimum atomic E-state index is -0.961. The smallest absolute Gasteiger partial charge is 0.407 e. The maximum absolute atomic E-state index is 13.2. The molecule has 0 saturated heterocycles. The molecule has 1 unspecified atom stereocenters. The summed E-state index contributed by atoms with van der Waals surface area (Å²) in [4.78, 5) is 40.6. The van der Waals surface area contributed by atoms with Gasteiger partial charge in [0.2, 0.25) is 0 Å². The molecule has 0 radical (unpaired) electrons. The van der Waals surface area contributed by atoms with Gasteiger partial charge in [0.15, 0.2) is 11.5 Å². The van der Waals surface area contributed by atoms with Crippen molar-refractivity contribution in [1.82, 2.24) is 15.6 Å². The van der Waals surface area contributed by atoms with E-state index < -0.39 is 17.5 Å². The lowest BCUT2D eigenvalue weighted by Crippen LogP contribution is -2.48. The average Bonchev–Trinajstić information content (AvgIpc) is 3.22. The van der Waals surface area contributed by atoms with E-state index >= 15 is 0 Å². The monoisotopic (exact) mass is 549 g/mol. The fraction of sp³-hybridized carbons (Fsp3) is 0.516. The van der Waals surface area contributed by atoms with Crippen LogP contribution in [0.2, 0.25) is 0 Å². The van der Waals surface area contributed by atoms with E-state index in [0.29, 0.717) is 33.8 Å². The molecule has 2 aromatic rings. The van der Waals surface area contributed by atoms with Crippen LogP contribution in [0.15, 0.2) is 16.9 Å². The number of carbonyl (C=O) groups excluding carboxylic acids is 2. The van der Waals surface area contributed by atoms with Crippen LogP contribution in [0.3, 0.4) is 0 Å². The number of aromatic nitrogens is 1. The minimum absolute atomic E-state index is 0.0150. The van der Waals surface area contributed by atoms with Crippen molar-refractivity contribution in [2.45, 2.75) is 98.1 Å². The first-order valence-corrected chi connectivity index (χ1v) is 13.7. The molecular weight excluding hydrogens is 510 g/mol. The first-order chi connectivity index (χ1) is 18.7. The number of aryl methyl sites for hydroxylation is 2. The fourth-order valence-corrected chi connectivity index (χ4v) is 5.49. The van der Waals surface area contributed by atoms with Crippen LogP contribution in [0.25, 0.3) is 0 Å². The van der Waals surface area contributed by atoms with Crippen molar-refractivity contribution in [3.05, 3.63) is 56.0 Å². The van der Waals surface area contributed by atoms with Crippen molar-refractivity contribution < 1.29 is 23.8 Å². The molecule has 3 N–H and O–H groups in total. The molecule has 2 aliphatic rings. The van der Waals surface area contributed by atoms with E-state index in [4.69, 9.17) is 20.6 Å². The van der Waals surface area contributed by atoms with E-state index in [2.05, 4.69) is 21.5 Å². The zero-order valence-electron chi connectivity index (χ0n) is 24.4. The molecule has 2 amide bonds. The van der Waals surface area contributed by atoms with Gasteiger partial charge >= 0.3 is 6.09 Å². The van der Waals surface area contributed by atoms with Crippen LogP contribution < -0.4 is 25.7 Å². The van der Waals surface area contributed by atoms with E-state index in [9.17, 15) is 14.4 Å².